The quantitative estimate of drug-likeness (QED) is 0.208. The second-order valence-corrected chi connectivity index (χ2v) is 6.62. The predicted molar refractivity (Wildman–Crippen MR) is 106 cm³/mol. The number of hydrogen-bond donors (Lipinski definition) is 0. The normalized spacial score (nSPS) is 10.8. The molecule has 27 heavy (non-hydrogen) atoms. The lowest BCUT2D eigenvalue weighted by Gasteiger charge is -2.28. The molecule has 150 valence electrons. The van der Waals surface area contributed by atoms with Crippen LogP contribution in [-0.4, -0.2) is 38.9 Å². The number of esters is 2. The van der Waals surface area contributed by atoms with Crippen molar-refractivity contribution in [3.8, 4) is 11.5 Å². The zero-order valence-electron chi connectivity index (χ0n) is 16.1. The Bertz CT molecular complexity index is 625. The minimum absolute atomic E-state index is 0.150. The summed E-state index contributed by atoms with van der Waals surface area (Å²) in [5, 5.41) is 0. The van der Waals surface area contributed by atoms with Crippen molar-refractivity contribution in [2.45, 2.75) is 33.1 Å². The summed E-state index contributed by atoms with van der Waals surface area (Å²) < 4.78 is 21.9. The summed E-state index contributed by atoms with van der Waals surface area (Å²) in [7, 11) is 1.59. The third kappa shape index (κ3) is 6.27. The minimum atomic E-state index is -1.39. The molecular weight excluding hydrogens is 416 g/mol. The lowest BCUT2D eigenvalue weighted by molar-refractivity contribution is -0.172. The van der Waals surface area contributed by atoms with Gasteiger partial charge in [0.05, 0.1) is 31.4 Å². The molecule has 6 nitrogen and oxygen atoms in total. The largest absolute Gasteiger partial charge is 0.497 e. The van der Waals surface area contributed by atoms with E-state index in [2.05, 4.69) is 22.5 Å². The van der Waals surface area contributed by atoms with Crippen molar-refractivity contribution < 1.29 is 28.5 Å². The van der Waals surface area contributed by atoms with E-state index in [0.29, 0.717) is 24.5 Å². The van der Waals surface area contributed by atoms with Crippen molar-refractivity contribution in [3.63, 3.8) is 0 Å². The molecule has 0 aromatic heterocycles. The molecule has 0 bridgehead atoms. The Kier molecular flexibility index (Phi) is 9.93. The van der Waals surface area contributed by atoms with Crippen LogP contribution in [0.3, 0.4) is 0 Å². The van der Waals surface area contributed by atoms with Crippen molar-refractivity contribution >= 4 is 27.9 Å². The molecule has 0 unspecified atom stereocenters. The molecular formula is C20H27BrO6. The zero-order chi connectivity index (χ0) is 20.3. The van der Waals surface area contributed by atoms with Crippen LogP contribution in [0.15, 0.2) is 35.3 Å². The number of rotatable bonds is 12. The van der Waals surface area contributed by atoms with Gasteiger partial charge >= 0.3 is 11.9 Å². The topological polar surface area (TPSA) is 71.1 Å². The molecule has 1 aromatic rings. The fraction of sp³-hybridized carbons (Fsp3) is 0.500. The van der Waals surface area contributed by atoms with Gasteiger partial charge in [0.1, 0.15) is 11.5 Å². The highest BCUT2D eigenvalue weighted by atomic mass is 79.9. The van der Waals surface area contributed by atoms with E-state index in [-0.39, 0.29) is 26.1 Å². The Balaban J connectivity index is 2.82. The van der Waals surface area contributed by atoms with Gasteiger partial charge in [-0.15, -0.1) is 6.58 Å². The van der Waals surface area contributed by atoms with Crippen LogP contribution in [-0.2, 0) is 19.1 Å². The van der Waals surface area contributed by atoms with Crippen LogP contribution in [0.5, 0.6) is 11.5 Å². The van der Waals surface area contributed by atoms with Gasteiger partial charge in [-0.3, -0.25) is 9.59 Å². The fourth-order valence-electron chi connectivity index (χ4n) is 2.62. The average Bonchev–Trinajstić information content (AvgIpc) is 2.65. The van der Waals surface area contributed by atoms with E-state index >= 15 is 0 Å². The summed E-state index contributed by atoms with van der Waals surface area (Å²) in [4.78, 5) is 25.1. The van der Waals surface area contributed by atoms with Crippen LogP contribution < -0.4 is 9.47 Å². The lowest BCUT2D eigenvalue weighted by atomic mass is 9.80. The number of ether oxygens (including phenoxy) is 4. The van der Waals surface area contributed by atoms with Gasteiger partial charge in [0.2, 0.25) is 0 Å². The van der Waals surface area contributed by atoms with Gasteiger partial charge in [-0.1, -0.05) is 6.08 Å². The number of benzene rings is 1. The summed E-state index contributed by atoms with van der Waals surface area (Å²) >= 11 is 3.43. The summed E-state index contributed by atoms with van der Waals surface area (Å²) in [5.41, 5.74) is -1.39. The molecule has 0 heterocycles. The monoisotopic (exact) mass is 442 g/mol. The Hall–Kier alpha value is -2.02. The highest BCUT2D eigenvalue weighted by Gasteiger charge is 2.47. The first-order valence-corrected chi connectivity index (χ1v) is 9.66. The smallest absolute Gasteiger partial charge is 0.323 e. The molecule has 7 heteroatoms. The van der Waals surface area contributed by atoms with E-state index in [1.54, 1.807) is 39.2 Å². The first kappa shape index (κ1) is 23.0. The molecule has 0 aliphatic rings. The average molecular weight is 443 g/mol. The third-order valence-electron chi connectivity index (χ3n) is 3.97. The molecule has 0 radical (unpaired) electrons. The number of carbonyl (C=O) groups excluding carboxylic acids is 2. The van der Waals surface area contributed by atoms with Crippen molar-refractivity contribution in [2.75, 3.05) is 26.9 Å². The van der Waals surface area contributed by atoms with Crippen molar-refractivity contribution in [1.29, 1.82) is 0 Å². The second kappa shape index (κ2) is 11.6. The van der Waals surface area contributed by atoms with Crippen LogP contribution in [0.25, 0.3) is 0 Å². The maximum atomic E-state index is 12.5. The lowest BCUT2D eigenvalue weighted by Crippen LogP contribution is -2.42. The Morgan fingerprint density at radius 1 is 1.19 bits per heavy atom. The molecule has 0 amide bonds. The van der Waals surface area contributed by atoms with E-state index in [1.165, 1.54) is 6.08 Å². The van der Waals surface area contributed by atoms with Crippen LogP contribution in [0, 0.1) is 5.41 Å². The van der Waals surface area contributed by atoms with E-state index in [0.717, 1.165) is 4.47 Å². The van der Waals surface area contributed by atoms with Crippen LogP contribution in [0.2, 0.25) is 0 Å². The van der Waals surface area contributed by atoms with Gasteiger partial charge in [-0.2, -0.15) is 0 Å². The van der Waals surface area contributed by atoms with Gasteiger partial charge < -0.3 is 18.9 Å². The SMILES string of the molecule is C=CCC(CCCOc1ccc(OC)cc1Br)(C(=O)OCC)C(=O)OCC. The third-order valence-corrected chi connectivity index (χ3v) is 4.59. The van der Waals surface area contributed by atoms with E-state index in [4.69, 9.17) is 18.9 Å². The summed E-state index contributed by atoms with van der Waals surface area (Å²) in [6.07, 6.45) is 2.39. The maximum Gasteiger partial charge on any atom is 0.323 e. The molecule has 0 fully saturated rings. The van der Waals surface area contributed by atoms with Gasteiger partial charge in [0.25, 0.3) is 0 Å². The molecule has 0 spiro atoms. The number of allylic oxidation sites excluding steroid dienone is 1. The molecule has 0 aliphatic heterocycles. The van der Waals surface area contributed by atoms with Crippen LogP contribution in [0.1, 0.15) is 33.1 Å². The Labute approximate surface area is 168 Å². The predicted octanol–water partition coefficient (Wildman–Crippen LogP) is 4.31. The minimum Gasteiger partial charge on any atom is -0.497 e. The van der Waals surface area contributed by atoms with E-state index in [9.17, 15) is 9.59 Å². The molecule has 0 saturated carbocycles. The molecule has 1 aromatic carbocycles. The summed E-state index contributed by atoms with van der Waals surface area (Å²) in [6, 6.07) is 5.38. The highest BCUT2D eigenvalue weighted by molar-refractivity contribution is 9.10. The number of carbonyl (C=O) groups is 2. The van der Waals surface area contributed by atoms with Crippen LogP contribution >= 0.6 is 15.9 Å². The van der Waals surface area contributed by atoms with Crippen molar-refractivity contribution in [3.05, 3.63) is 35.3 Å². The van der Waals surface area contributed by atoms with E-state index < -0.39 is 17.4 Å². The molecule has 0 N–H and O–H groups in total. The number of hydrogen-bond acceptors (Lipinski definition) is 6. The van der Waals surface area contributed by atoms with Crippen molar-refractivity contribution in [1.82, 2.24) is 0 Å². The van der Waals surface area contributed by atoms with E-state index in [1.807, 2.05) is 0 Å². The molecule has 0 aliphatic carbocycles. The van der Waals surface area contributed by atoms with Crippen molar-refractivity contribution in [2.24, 2.45) is 5.41 Å². The Morgan fingerprint density at radius 2 is 1.81 bits per heavy atom. The molecule has 0 saturated heterocycles. The Morgan fingerprint density at radius 3 is 2.30 bits per heavy atom. The summed E-state index contributed by atoms with van der Waals surface area (Å²) in [5.74, 6) is 0.184. The molecule has 0 atom stereocenters. The summed E-state index contributed by atoms with van der Waals surface area (Å²) in [6.45, 7) is 7.77. The highest BCUT2D eigenvalue weighted by Crippen LogP contribution is 2.34. The van der Waals surface area contributed by atoms with Gasteiger partial charge in [0, 0.05) is 0 Å². The van der Waals surface area contributed by atoms with Gasteiger partial charge in [0.15, 0.2) is 5.41 Å². The maximum absolute atomic E-state index is 12.5. The van der Waals surface area contributed by atoms with Gasteiger partial charge in [-0.25, -0.2) is 0 Å². The van der Waals surface area contributed by atoms with Gasteiger partial charge in [-0.05, 0) is 67.2 Å². The number of halogens is 1. The zero-order valence-corrected chi connectivity index (χ0v) is 17.7. The standard InChI is InChI=1S/C20H27BrO6/c1-5-11-20(18(22)25-6-2,19(23)26-7-3)12-8-13-27-17-10-9-15(24-4)14-16(17)21/h5,9-10,14H,1,6-8,11-13H2,2-4H3. The first-order valence-electron chi connectivity index (χ1n) is 8.86. The fourth-order valence-corrected chi connectivity index (χ4v) is 3.09. The molecule has 1 rings (SSSR count). The first-order chi connectivity index (χ1) is 12.9. The second-order valence-electron chi connectivity index (χ2n) is 5.76. The number of methoxy groups -OCH3 is 1. The van der Waals surface area contributed by atoms with Crippen LogP contribution in [0.4, 0.5) is 0 Å².